The van der Waals surface area contributed by atoms with E-state index in [-0.39, 0.29) is 29.1 Å². The SMILES string of the molecule is CC[C@@H](C)NC(=O)c1ccccc1NC(=O)c1ccc([C@H]2SCC(=O)N2Cc2ccco2)cc1. The summed E-state index contributed by atoms with van der Waals surface area (Å²) >= 11 is 1.55. The molecule has 0 spiro atoms. The predicted octanol–water partition coefficient (Wildman–Crippen LogP) is 4.83. The van der Waals surface area contributed by atoms with Crippen molar-refractivity contribution in [2.75, 3.05) is 11.1 Å². The first-order valence-electron chi connectivity index (χ1n) is 11.2. The summed E-state index contributed by atoms with van der Waals surface area (Å²) in [5.41, 5.74) is 2.28. The molecule has 2 aromatic carbocycles. The molecule has 1 aliphatic heterocycles. The van der Waals surface area contributed by atoms with Crippen LogP contribution in [0, 0.1) is 0 Å². The Balaban J connectivity index is 1.46. The molecule has 2 atom stereocenters. The van der Waals surface area contributed by atoms with Crippen molar-refractivity contribution >= 4 is 35.2 Å². The normalized spacial score (nSPS) is 16.4. The number of carbonyl (C=O) groups is 3. The lowest BCUT2D eigenvalue weighted by Gasteiger charge is -2.23. The van der Waals surface area contributed by atoms with E-state index in [1.54, 1.807) is 65.4 Å². The second kappa shape index (κ2) is 10.6. The Kier molecular flexibility index (Phi) is 7.37. The van der Waals surface area contributed by atoms with Crippen LogP contribution in [0.5, 0.6) is 0 Å². The molecular formula is C26H27N3O4S. The zero-order valence-electron chi connectivity index (χ0n) is 19.1. The summed E-state index contributed by atoms with van der Waals surface area (Å²) in [6.07, 6.45) is 2.41. The number of para-hydroxylation sites is 1. The highest BCUT2D eigenvalue weighted by Gasteiger charge is 2.33. The van der Waals surface area contributed by atoms with Crippen molar-refractivity contribution in [3.63, 3.8) is 0 Å². The number of amides is 3. The first kappa shape index (κ1) is 23.6. The van der Waals surface area contributed by atoms with Crippen molar-refractivity contribution in [2.24, 2.45) is 0 Å². The summed E-state index contributed by atoms with van der Waals surface area (Å²) in [6.45, 7) is 4.34. The minimum Gasteiger partial charge on any atom is -0.467 e. The molecule has 0 radical (unpaired) electrons. The summed E-state index contributed by atoms with van der Waals surface area (Å²) in [7, 11) is 0. The lowest BCUT2D eigenvalue weighted by Crippen LogP contribution is -2.32. The maximum Gasteiger partial charge on any atom is 0.255 e. The molecule has 7 nitrogen and oxygen atoms in total. The van der Waals surface area contributed by atoms with Gasteiger partial charge < -0.3 is 20.0 Å². The van der Waals surface area contributed by atoms with E-state index >= 15 is 0 Å². The van der Waals surface area contributed by atoms with Crippen LogP contribution in [0.4, 0.5) is 5.69 Å². The molecule has 1 saturated heterocycles. The van der Waals surface area contributed by atoms with E-state index in [1.807, 2.05) is 32.0 Å². The summed E-state index contributed by atoms with van der Waals surface area (Å²) in [5.74, 6) is 0.662. The fourth-order valence-corrected chi connectivity index (χ4v) is 4.85. The fraction of sp³-hybridized carbons (Fsp3) is 0.269. The maximum absolute atomic E-state index is 12.9. The Labute approximate surface area is 202 Å². The zero-order valence-corrected chi connectivity index (χ0v) is 19.9. The van der Waals surface area contributed by atoms with E-state index in [0.29, 0.717) is 29.1 Å². The Hall–Kier alpha value is -3.52. The standard InChI is InChI=1S/C26H27N3O4S/c1-3-17(2)27-25(32)21-8-4-5-9-22(21)28-24(31)18-10-12-19(13-11-18)26-29(23(30)16-34-26)15-20-7-6-14-33-20/h4-14,17,26H,3,15-16H2,1-2H3,(H,27,32)(H,28,31)/t17-,26-/m1/s1. The number of hydrogen-bond donors (Lipinski definition) is 2. The van der Waals surface area contributed by atoms with Crippen molar-refractivity contribution in [1.29, 1.82) is 0 Å². The molecule has 0 unspecified atom stereocenters. The number of nitrogens with one attached hydrogen (secondary N) is 2. The van der Waals surface area contributed by atoms with Gasteiger partial charge in [-0.25, -0.2) is 0 Å². The van der Waals surface area contributed by atoms with Crippen molar-refractivity contribution in [3.8, 4) is 0 Å². The van der Waals surface area contributed by atoms with Gasteiger partial charge in [0.05, 0.1) is 29.8 Å². The van der Waals surface area contributed by atoms with Gasteiger partial charge in [0.1, 0.15) is 11.1 Å². The van der Waals surface area contributed by atoms with Gasteiger partial charge in [-0.3, -0.25) is 14.4 Å². The highest BCUT2D eigenvalue weighted by molar-refractivity contribution is 8.00. The van der Waals surface area contributed by atoms with Crippen molar-refractivity contribution < 1.29 is 18.8 Å². The molecule has 176 valence electrons. The molecular weight excluding hydrogens is 450 g/mol. The van der Waals surface area contributed by atoms with Crippen LogP contribution in [0.15, 0.2) is 71.3 Å². The van der Waals surface area contributed by atoms with Crippen LogP contribution in [0.3, 0.4) is 0 Å². The van der Waals surface area contributed by atoms with E-state index in [1.165, 1.54) is 0 Å². The highest BCUT2D eigenvalue weighted by Crippen LogP contribution is 2.39. The van der Waals surface area contributed by atoms with E-state index in [2.05, 4.69) is 10.6 Å². The van der Waals surface area contributed by atoms with Crippen LogP contribution in [-0.4, -0.2) is 34.4 Å². The minimum atomic E-state index is -0.307. The van der Waals surface area contributed by atoms with Crippen LogP contribution >= 0.6 is 11.8 Å². The molecule has 2 N–H and O–H groups in total. The van der Waals surface area contributed by atoms with Crippen LogP contribution < -0.4 is 10.6 Å². The average molecular weight is 478 g/mol. The van der Waals surface area contributed by atoms with Crippen LogP contribution in [-0.2, 0) is 11.3 Å². The van der Waals surface area contributed by atoms with E-state index in [4.69, 9.17) is 4.42 Å². The van der Waals surface area contributed by atoms with Gasteiger partial charge in [0.25, 0.3) is 11.8 Å². The van der Waals surface area contributed by atoms with Gasteiger partial charge in [-0.1, -0.05) is 31.2 Å². The largest absolute Gasteiger partial charge is 0.467 e. The molecule has 0 saturated carbocycles. The molecule has 4 rings (SSSR count). The molecule has 0 aliphatic carbocycles. The van der Waals surface area contributed by atoms with E-state index in [9.17, 15) is 14.4 Å². The Morgan fingerprint density at radius 3 is 2.56 bits per heavy atom. The molecule has 2 heterocycles. The lowest BCUT2D eigenvalue weighted by molar-refractivity contribution is -0.128. The second-order valence-corrected chi connectivity index (χ2v) is 9.24. The van der Waals surface area contributed by atoms with E-state index in [0.717, 1.165) is 17.7 Å². The molecule has 1 aromatic heterocycles. The quantitative estimate of drug-likeness (QED) is 0.485. The number of thioether (sulfide) groups is 1. The van der Waals surface area contributed by atoms with Crippen LogP contribution in [0.1, 0.15) is 57.7 Å². The van der Waals surface area contributed by atoms with Gasteiger partial charge in [0.2, 0.25) is 5.91 Å². The van der Waals surface area contributed by atoms with Crippen LogP contribution in [0.25, 0.3) is 0 Å². The number of hydrogen-bond acceptors (Lipinski definition) is 5. The van der Waals surface area contributed by atoms with Crippen LogP contribution in [0.2, 0.25) is 0 Å². The number of carbonyl (C=O) groups excluding carboxylic acids is 3. The third-order valence-corrected chi connectivity index (χ3v) is 7.00. The van der Waals surface area contributed by atoms with Gasteiger partial charge >= 0.3 is 0 Å². The van der Waals surface area contributed by atoms with Gasteiger partial charge in [-0.05, 0) is 55.3 Å². The lowest BCUT2D eigenvalue weighted by atomic mass is 10.1. The second-order valence-electron chi connectivity index (χ2n) is 8.17. The molecule has 34 heavy (non-hydrogen) atoms. The van der Waals surface area contributed by atoms with E-state index < -0.39 is 0 Å². The highest BCUT2D eigenvalue weighted by atomic mass is 32.2. The minimum absolute atomic E-state index is 0.0384. The predicted molar refractivity (Wildman–Crippen MR) is 133 cm³/mol. The Bertz CT molecular complexity index is 1160. The Morgan fingerprint density at radius 1 is 1.09 bits per heavy atom. The van der Waals surface area contributed by atoms with Gasteiger partial charge in [0, 0.05) is 11.6 Å². The first-order valence-corrected chi connectivity index (χ1v) is 12.3. The molecule has 8 heteroatoms. The summed E-state index contributed by atoms with van der Waals surface area (Å²) in [5, 5.41) is 5.64. The number of nitrogens with zero attached hydrogens (tertiary/aromatic N) is 1. The maximum atomic E-state index is 12.9. The smallest absolute Gasteiger partial charge is 0.255 e. The number of anilines is 1. The molecule has 1 fully saturated rings. The topological polar surface area (TPSA) is 91.7 Å². The Morgan fingerprint density at radius 2 is 1.85 bits per heavy atom. The molecule has 0 bridgehead atoms. The van der Waals surface area contributed by atoms with Crippen molar-refractivity contribution in [3.05, 3.63) is 89.4 Å². The summed E-state index contributed by atoms with van der Waals surface area (Å²) in [4.78, 5) is 39.7. The monoisotopic (exact) mass is 477 g/mol. The van der Waals surface area contributed by atoms with Crippen molar-refractivity contribution in [2.45, 2.75) is 38.2 Å². The third kappa shape index (κ3) is 5.34. The zero-order chi connectivity index (χ0) is 24.1. The molecule has 3 amide bonds. The molecule has 1 aliphatic rings. The number of rotatable bonds is 8. The van der Waals surface area contributed by atoms with Gasteiger partial charge in [-0.15, -0.1) is 11.8 Å². The van der Waals surface area contributed by atoms with Crippen molar-refractivity contribution in [1.82, 2.24) is 10.2 Å². The van der Waals surface area contributed by atoms with Gasteiger partial charge in [0.15, 0.2) is 0 Å². The number of benzene rings is 2. The molecule has 3 aromatic rings. The van der Waals surface area contributed by atoms with Gasteiger partial charge in [-0.2, -0.15) is 0 Å². The average Bonchev–Trinajstić information content (AvgIpc) is 3.49. The third-order valence-electron chi connectivity index (χ3n) is 5.74. The summed E-state index contributed by atoms with van der Waals surface area (Å²) in [6, 6.07) is 17.8. The summed E-state index contributed by atoms with van der Waals surface area (Å²) < 4.78 is 5.40. The number of furan rings is 1. The first-order chi connectivity index (χ1) is 16.5. The fourth-order valence-electron chi connectivity index (χ4n) is 3.66.